The molecule has 1 fully saturated rings. The standard InChI is InChI=1S/C14H27N7/c1-4-20(10-11(2)3)13-16-12(19-15)17-14(18-13)21-8-6-5-7-9-21/h11H,4-10,15H2,1-3H3,(H,16,17,18,19). The first kappa shape index (κ1) is 15.8. The number of hydrazine groups is 1. The molecule has 21 heavy (non-hydrogen) atoms. The Morgan fingerprint density at radius 3 is 2.48 bits per heavy atom. The summed E-state index contributed by atoms with van der Waals surface area (Å²) in [5.41, 5.74) is 2.56. The second kappa shape index (κ2) is 7.40. The second-order valence-electron chi connectivity index (χ2n) is 5.88. The predicted octanol–water partition coefficient (Wildman–Crippen LogP) is 1.63. The van der Waals surface area contributed by atoms with Gasteiger partial charge in [0.15, 0.2) is 0 Å². The zero-order valence-corrected chi connectivity index (χ0v) is 13.3. The van der Waals surface area contributed by atoms with Crippen LogP contribution in [0.4, 0.5) is 17.8 Å². The van der Waals surface area contributed by atoms with Crippen LogP contribution in [-0.2, 0) is 0 Å². The molecule has 2 rings (SSSR count). The lowest BCUT2D eigenvalue weighted by atomic mass is 10.1. The van der Waals surface area contributed by atoms with Crippen LogP contribution >= 0.6 is 0 Å². The van der Waals surface area contributed by atoms with E-state index in [2.05, 4.69) is 50.9 Å². The van der Waals surface area contributed by atoms with E-state index in [0.717, 1.165) is 32.1 Å². The first-order chi connectivity index (χ1) is 10.1. The molecule has 0 spiro atoms. The molecule has 1 aliphatic heterocycles. The number of nitrogens with two attached hydrogens (primary N) is 1. The summed E-state index contributed by atoms with van der Waals surface area (Å²) >= 11 is 0. The molecule has 1 aromatic heterocycles. The Morgan fingerprint density at radius 1 is 1.19 bits per heavy atom. The lowest BCUT2D eigenvalue weighted by Gasteiger charge is -2.28. The Labute approximate surface area is 126 Å². The van der Waals surface area contributed by atoms with E-state index in [1.165, 1.54) is 19.3 Å². The van der Waals surface area contributed by atoms with E-state index < -0.39 is 0 Å². The summed E-state index contributed by atoms with van der Waals surface area (Å²) in [5, 5.41) is 0. The maximum atomic E-state index is 5.52. The van der Waals surface area contributed by atoms with Gasteiger partial charge < -0.3 is 9.80 Å². The molecule has 0 amide bonds. The van der Waals surface area contributed by atoms with E-state index in [0.29, 0.717) is 17.8 Å². The van der Waals surface area contributed by atoms with E-state index in [1.54, 1.807) is 0 Å². The normalized spacial score (nSPS) is 15.4. The summed E-state index contributed by atoms with van der Waals surface area (Å²) in [5.74, 6) is 7.94. The van der Waals surface area contributed by atoms with Crippen LogP contribution in [0.25, 0.3) is 0 Å². The average Bonchev–Trinajstić information content (AvgIpc) is 2.52. The van der Waals surface area contributed by atoms with Crippen molar-refractivity contribution in [3.05, 3.63) is 0 Å². The third kappa shape index (κ3) is 4.17. The minimum absolute atomic E-state index is 0.433. The Hall–Kier alpha value is -1.63. The lowest BCUT2D eigenvalue weighted by molar-refractivity contribution is 0.565. The van der Waals surface area contributed by atoms with Crippen LogP contribution in [0, 0.1) is 5.92 Å². The number of aromatic nitrogens is 3. The molecule has 0 unspecified atom stereocenters. The van der Waals surface area contributed by atoms with Gasteiger partial charge in [0.2, 0.25) is 17.8 Å². The number of rotatable bonds is 6. The molecule has 2 heterocycles. The van der Waals surface area contributed by atoms with Gasteiger partial charge in [0.1, 0.15) is 0 Å². The van der Waals surface area contributed by atoms with Crippen LogP contribution in [0.5, 0.6) is 0 Å². The maximum Gasteiger partial charge on any atom is 0.243 e. The van der Waals surface area contributed by atoms with E-state index in [-0.39, 0.29) is 0 Å². The first-order valence-corrected chi connectivity index (χ1v) is 7.86. The Balaban J connectivity index is 2.27. The van der Waals surface area contributed by atoms with Crippen LogP contribution < -0.4 is 21.1 Å². The van der Waals surface area contributed by atoms with Crippen molar-refractivity contribution in [2.75, 3.05) is 41.4 Å². The predicted molar refractivity (Wildman–Crippen MR) is 86.4 cm³/mol. The van der Waals surface area contributed by atoms with E-state index in [4.69, 9.17) is 5.84 Å². The van der Waals surface area contributed by atoms with Crippen LogP contribution in [0.15, 0.2) is 0 Å². The summed E-state index contributed by atoms with van der Waals surface area (Å²) in [6.45, 7) is 10.3. The van der Waals surface area contributed by atoms with Gasteiger partial charge in [-0.15, -0.1) is 0 Å². The third-order valence-electron chi connectivity index (χ3n) is 3.63. The van der Waals surface area contributed by atoms with Crippen molar-refractivity contribution < 1.29 is 0 Å². The molecule has 1 aromatic rings. The summed E-state index contributed by atoms with van der Waals surface area (Å²) in [4.78, 5) is 17.9. The molecule has 0 bridgehead atoms. The van der Waals surface area contributed by atoms with E-state index in [9.17, 15) is 0 Å². The smallest absolute Gasteiger partial charge is 0.243 e. The monoisotopic (exact) mass is 293 g/mol. The highest BCUT2D eigenvalue weighted by atomic mass is 15.4. The zero-order chi connectivity index (χ0) is 15.2. The molecule has 0 atom stereocenters. The van der Waals surface area contributed by atoms with Crippen molar-refractivity contribution in [2.45, 2.75) is 40.0 Å². The van der Waals surface area contributed by atoms with Crippen molar-refractivity contribution in [1.82, 2.24) is 15.0 Å². The molecule has 0 aliphatic carbocycles. The fraction of sp³-hybridized carbons (Fsp3) is 0.786. The highest BCUT2D eigenvalue weighted by Crippen LogP contribution is 2.20. The van der Waals surface area contributed by atoms with Gasteiger partial charge in [0.05, 0.1) is 0 Å². The molecule has 1 saturated heterocycles. The Kier molecular flexibility index (Phi) is 5.55. The van der Waals surface area contributed by atoms with Crippen molar-refractivity contribution in [3.8, 4) is 0 Å². The van der Waals surface area contributed by atoms with E-state index in [1.807, 2.05) is 0 Å². The van der Waals surface area contributed by atoms with Crippen LogP contribution in [-0.4, -0.2) is 41.1 Å². The zero-order valence-electron chi connectivity index (χ0n) is 13.3. The number of nitrogens with zero attached hydrogens (tertiary/aromatic N) is 5. The Bertz CT molecular complexity index is 443. The van der Waals surface area contributed by atoms with Gasteiger partial charge in [0, 0.05) is 26.2 Å². The van der Waals surface area contributed by atoms with Crippen molar-refractivity contribution in [1.29, 1.82) is 0 Å². The summed E-state index contributed by atoms with van der Waals surface area (Å²) in [7, 11) is 0. The molecule has 7 nitrogen and oxygen atoms in total. The molecule has 0 aromatic carbocycles. The number of nitrogen functional groups attached to an aromatic ring is 1. The SMILES string of the molecule is CCN(CC(C)C)c1nc(NN)nc(N2CCCCC2)n1. The number of anilines is 3. The lowest BCUT2D eigenvalue weighted by Crippen LogP contribution is -2.34. The minimum Gasteiger partial charge on any atom is -0.341 e. The molecule has 7 heteroatoms. The topological polar surface area (TPSA) is 83.2 Å². The highest BCUT2D eigenvalue weighted by Gasteiger charge is 2.18. The number of nitrogens with one attached hydrogen (secondary N) is 1. The van der Waals surface area contributed by atoms with Gasteiger partial charge in [-0.3, -0.25) is 5.43 Å². The van der Waals surface area contributed by atoms with Crippen LogP contribution in [0.2, 0.25) is 0 Å². The number of hydrogen-bond donors (Lipinski definition) is 2. The highest BCUT2D eigenvalue weighted by molar-refractivity contribution is 5.45. The van der Waals surface area contributed by atoms with Crippen molar-refractivity contribution in [3.63, 3.8) is 0 Å². The molecule has 0 radical (unpaired) electrons. The largest absolute Gasteiger partial charge is 0.341 e. The quantitative estimate of drug-likeness (QED) is 0.609. The molecule has 0 saturated carbocycles. The summed E-state index contributed by atoms with van der Waals surface area (Å²) in [6, 6.07) is 0. The van der Waals surface area contributed by atoms with Crippen molar-refractivity contribution in [2.24, 2.45) is 11.8 Å². The fourth-order valence-electron chi connectivity index (χ4n) is 2.59. The van der Waals surface area contributed by atoms with Crippen molar-refractivity contribution >= 4 is 17.8 Å². The first-order valence-electron chi connectivity index (χ1n) is 7.86. The van der Waals surface area contributed by atoms with Gasteiger partial charge in [0.25, 0.3) is 0 Å². The molecule has 1 aliphatic rings. The molecule has 3 N–H and O–H groups in total. The average molecular weight is 293 g/mol. The van der Waals surface area contributed by atoms with Gasteiger partial charge in [-0.25, -0.2) is 5.84 Å². The van der Waals surface area contributed by atoms with Gasteiger partial charge >= 0.3 is 0 Å². The number of piperidine rings is 1. The van der Waals surface area contributed by atoms with Gasteiger partial charge in [-0.05, 0) is 32.1 Å². The summed E-state index contributed by atoms with van der Waals surface area (Å²) in [6.07, 6.45) is 3.66. The minimum atomic E-state index is 0.433. The third-order valence-corrected chi connectivity index (χ3v) is 3.63. The molecular formula is C14H27N7. The van der Waals surface area contributed by atoms with Crippen LogP contribution in [0.3, 0.4) is 0 Å². The molecular weight excluding hydrogens is 266 g/mol. The Morgan fingerprint density at radius 2 is 1.90 bits per heavy atom. The number of hydrogen-bond acceptors (Lipinski definition) is 7. The maximum absolute atomic E-state index is 5.52. The van der Waals surface area contributed by atoms with E-state index >= 15 is 0 Å². The van der Waals surface area contributed by atoms with Crippen LogP contribution in [0.1, 0.15) is 40.0 Å². The fourth-order valence-corrected chi connectivity index (χ4v) is 2.59. The second-order valence-corrected chi connectivity index (χ2v) is 5.88. The van der Waals surface area contributed by atoms with Gasteiger partial charge in [-0.1, -0.05) is 13.8 Å². The molecule has 118 valence electrons. The van der Waals surface area contributed by atoms with Gasteiger partial charge in [-0.2, -0.15) is 15.0 Å². The summed E-state index contributed by atoms with van der Waals surface area (Å²) < 4.78 is 0.